The first-order chi connectivity index (χ1) is 8.44. The molecule has 0 amide bonds. The van der Waals surface area contributed by atoms with Crippen LogP contribution in [-0.4, -0.2) is 21.2 Å². The lowest BCUT2D eigenvalue weighted by Gasteiger charge is -2.08. The van der Waals surface area contributed by atoms with Crippen molar-refractivity contribution in [3.8, 4) is 0 Å². The molecule has 1 rings (SSSR count). The monoisotopic (exact) mass is 269 g/mol. The van der Waals surface area contributed by atoms with Crippen LogP contribution in [0.1, 0.15) is 36.5 Å². The van der Waals surface area contributed by atoms with Crippen molar-refractivity contribution in [1.29, 1.82) is 0 Å². The van der Waals surface area contributed by atoms with E-state index in [-0.39, 0.29) is 5.75 Å². The smallest absolute Gasteiger partial charge is 0.151 e. The van der Waals surface area contributed by atoms with Gasteiger partial charge in [0.15, 0.2) is 9.84 Å². The summed E-state index contributed by atoms with van der Waals surface area (Å²) in [6.07, 6.45) is 5.25. The van der Waals surface area contributed by atoms with Gasteiger partial charge in [-0.1, -0.05) is 25.1 Å². The van der Waals surface area contributed by atoms with Gasteiger partial charge >= 0.3 is 0 Å². The predicted molar refractivity (Wildman–Crippen MR) is 76.4 cm³/mol. The Balaban J connectivity index is 2.87. The number of nitrogens with two attached hydrogens (primary N) is 1. The standard InChI is InChI=1S/C14H23NO2S/c1-3-12-8-13(6-4-5-7-15)10-14(9-12)11-18(2,16)17/h8-10H,3-7,11,15H2,1-2H3. The van der Waals surface area contributed by atoms with Crippen LogP contribution in [0, 0.1) is 0 Å². The molecule has 0 saturated carbocycles. The van der Waals surface area contributed by atoms with Crippen LogP contribution in [0.15, 0.2) is 18.2 Å². The summed E-state index contributed by atoms with van der Waals surface area (Å²) in [4.78, 5) is 0. The second-order valence-electron chi connectivity index (χ2n) is 4.83. The number of benzene rings is 1. The molecule has 0 spiro atoms. The zero-order valence-corrected chi connectivity index (χ0v) is 12.1. The van der Waals surface area contributed by atoms with Gasteiger partial charge in [-0.2, -0.15) is 0 Å². The third-order valence-electron chi connectivity index (χ3n) is 2.87. The van der Waals surface area contributed by atoms with Crippen LogP contribution < -0.4 is 5.73 Å². The highest BCUT2D eigenvalue weighted by Crippen LogP contribution is 2.15. The minimum absolute atomic E-state index is 0.130. The van der Waals surface area contributed by atoms with E-state index < -0.39 is 9.84 Å². The maximum atomic E-state index is 11.4. The minimum Gasteiger partial charge on any atom is -0.330 e. The van der Waals surface area contributed by atoms with Crippen LogP contribution in [0.5, 0.6) is 0 Å². The van der Waals surface area contributed by atoms with Crippen LogP contribution in [0.25, 0.3) is 0 Å². The van der Waals surface area contributed by atoms with Crippen molar-refractivity contribution in [1.82, 2.24) is 0 Å². The van der Waals surface area contributed by atoms with Crippen molar-refractivity contribution in [3.05, 3.63) is 34.9 Å². The first-order valence-electron chi connectivity index (χ1n) is 6.44. The maximum absolute atomic E-state index is 11.4. The normalized spacial score (nSPS) is 11.7. The van der Waals surface area contributed by atoms with Crippen molar-refractivity contribution in [2.75, 3.05) is 12.8 Å². The molecule has 18 heavy (non-hydrogen) atoms. The van der Waals surface area contributed by atoms with Gasteiger partial charge in [-0.3, -0.25) is 0 Å². The molecule has 0 heterocycles. The zero-order chi connectivity index (χ0) is 13.6. The Morgan fingerprint density at radius 3 is 2.22 bits per heavy atom. The van der Waals surface area contributed by atoms with E-state index in [1.807, 2.05) is 12.1 Å². The second kappa shape index (κ2) is 6.90. The first-order valence-corrected chi connectivity index (χ1v) is 8.50. The van der Waals surface area contributed by atoms with Crippen LogP contribution in [-0.2, 0) is 28.4 Å². The number of unbranched alkanes of at least 4 members (excludes halogenated alkanes) is 1. The highest BCUT2D eigenvalue weighted by atomic mass is 32.2. The van der Waals surface area contributed by atoms with Gasteiger partial charge in [-0.05, 0) is 48.9 Å². The average molecular weight is 269 g/mol. The summed E-state index contributed by atoms with van der Waals surface area (Å²) in [5.41, 5.74) is 8.82. The van der Waals surface area contributed by atoms with Gasteiger partial charge < -0.3 is 5.73 Å². The Bertz CT molecular complexity index is 481. The Kier molecular flexibility index (Phi) is 5.82. The predicted octanol–water partition coefficient (Wildman–Crippen LogP) is 2.08. The molecule has 0 radical (unpaired) electrons. The number of sulfone groups is 1. The Hall–Kier alpha value is -0.870. The van der Waals surface area contributed by atoms with Crippen LogP contribution in [0.4, 0.5) is 0 Å². The fourth-order valence-corrected chi connectivity index (χ4v) is 2.82. The maximum Gasteiger partial charge on any atom is 0.151 e. The van der Waals surface area contributed by atoms with E-state index >= 15 is 0 Å². The summed E-state index contributed by atoms with van der Waals surface area (Å²) in [7, 11) is -2.96. The van der Waals surface area contributed by atoms with Gasteiger partial charge in [-0.25, -0.2) is 8.42 Å². The van der Waals surface area contributed by atoms with Gasteiger partial charge in [-0.15, -0.1) is 0 Å². The second-order valence-corrected chi connectivity index (χ2v) is 6.97. The molecule has 102 valence electrons. The highest BCUT2D eigenvalue weighted by molar-refractivity contribution is 7.89. The van der Waals surface area contributed by atoms with Gasteiger partial charge in [0.05, 0.1) is 5.75 Å². The molecule has 3 nitrogen and oxygen atoms in total. The molecule has 0 atom stereocenters. The highest BCUT2D eigenvalue weighted by Gasteiger charge is 2.07. The van der Waals surface area contributed by atoms with Crippen molar-refractivity contribution in [2.24, 2.45) is 5.73 Å². The molecule has 0 aliphatic rings. The van der Waals surface area contributed by atoms with Gasteiger partial charge in [0.2, 0.25) is 0 Å². The lowest BCUT2D eigenvalue weighted by molar-refractivity contribution is 0.601. The fraction of sp³-hybridized carbons (Fsp3) is 0.571. The molecule has 4 heteroatoms. The van der Waals surface area contributed by atoms with E-state index in [0.717, 1.165) is 31.2 Å². The molecule has 2 N–H and O–H groups in total. The number of hydrogen-bond donors (Lipinski definition) is 1. The van der Waals surface area contributed by atoms with Crippen molar-refractivity contribution >= 4 is 9.84 Å². The van der Waals surface area contributed by atoms with Gasteiger partial charge in [0.25, 0.3) is 0 Å². The zero-order valence-electron chi connectivity index (χ0n) is 11.3. The summed E-state index contributed by atoms with van der Waals surface area (Å²) in [5.74, 6) is 0.130. The molecule has 0 bridgehead atoms. The van der Waals surface area contributed by atoms with Gasteiger partial charge in [0, 0.05) is 6.26 Å². The molecular formula is C14H23NO2S. The van der Waals surface area contributed by atoms with Crippen molar-refractivity contribution < 1.29 is 8.42 Å². The molecule has 0 unspecified atom stereocenters. The Morgan fingerprint density at radius 1 is 1.06 bits per heavy atom. The van der Waals surface area contributed by atoms with E-state index in [4.69, 9.17) is 5.73 Å². The number of rotatable bonds is 7. The van der Waals surface area contributed by atoms with Crippen molar-refractivity contribution in [3.63, 3.8) is 0 Å². The van der Waals surface area contributed by atoms with E-state index in [9.17, 15) is 8.42 Å². The fourth-order valence-electron chi connectivity index (χ4n) is 2.05. The Morgan fingerprint density at radius 2 is 1.67 bits per heavy atom. The SMILES string of the molecule is CCc1cc(CCCCN)cc(CS(C)(=O)=O)c1. The summed E-state index contributed by atoms with van der Waals surface area (Å²) in [6.45, 7) is 2.80. The Labute approximate surface area is 110 Å². The van der Waals surface area contributed by atoms with Crippen LogP contribution in [0.2, 0.25) is 0 Å². The number of aryl methyl sites for hydroxylation is 2. The van der Waals surface area contributed by atoms with E-state index in [0.29, 0.717) is 6.54 Å². The largest absolute Gasteiger partial charge is 0.330 e. The summed E-state index contributed by atoms with van der Waals surface area (Å²) in [5, 5.41) is 0. The van der Waals surface area contributed by atoms with Crippen molar-refractivity contribution in [2.45, 2.75) is 38.4 Å². The lowest BCUT2D eigenvalue weighted by Crippen LogP contribution is -2.03. The molecule has 0 aliphatic heterocycles. The molecule has 0 aliphatic carbocycles. The molecule has 1 aromatic rings. The minimum atomic E-state index is -2.96. The molecule has 1 aromatic carbocycles. The van der Waals surface area contributed by atoms with Crippen LogP contribution >= 0.6 is 0 Å². The molecule has 0 aromatic heterocycles. The van der Waals surface area contributed by atoms with Crippen LogP contribution in [0.3, 0.4) is 0 Å². The summed E-state index contributed by atoms with van der Waals surface area (Å²) >= 11 is 0. The summed E-state index contributed by atoms with van der Waals surface area (Å²) < 4.78 is 22.7. The lowest BCUT2D eigenvalue weighted by atomic mass is 10.0. The van der Waals surface area contributed by atoms with Gasteiger partial charge in [0.1, 0.15) is 0 Å². The molecule has 0 fully saturated rings. The van der Waals surface area contributed by atoms with E-state index in [1.165, 1.54) is 17.4 Å². The van der Waals surface area contributed by atoms with E-state index in [2.05, 4.69) is 13.0 Å². The average Bonchev–Trinajstić information content (AvgIpc) is 2.26. The quantitative estimate of drug-likeness (QED) is 0.771. The molecule has 0 saturated heterocycles. The third-order valence-corrected chi connectivity index (χ3v) is 3.73. The topological polar surface area (TPSA) is 60.2 Å². The number of hydrogen-bond acceptors (Lipinski definition) is 3. The molecular weight excluding hydrogens is 246 g/mol. The first kappa shape index (κ1) is 15.2. The third kappa shape index (κ3) is 5.65. The van der Waals surface area contributed by atoms with E-state index in [1.54, 1.807) is 0 Å². The summed E-state index contributed by atoms with van der Waals surface area (Å²) in [6, 6.07) is 6.17.